The standard InChI is InChI=1S/C29H26F5N5O8S.Na.H/c1-2-9-44-16-7-8-17(19(12-16)29(32,33)34)21-13-24(47-38-21)26(28(40)45-10-4-11-46-48(41,42)43)39-15-23-22(14-35-39)36-27(37-23)18-5-3-6-20(30)25(18)31;;/h3,5-8,12-14,26H,2,4,9-11,15H2,1H3,(H,36,37)(H,41,42,43);;. The fourth-order valence-electron chi connectivity index (χ4n) is 4.64. The molecule has 2 N–H and O–H groups in total. The number of aromatic nitrogens is 3. The van der Waals surface area contributed by atoms with Gasteiger partial charge in [0, 0.05) is 18.1 Å². The number of rotatable bonds is 13. The number of carbonyl (C=O) groups is 1. The number of ether oxygens (including phenoxy) is 2. The first-order valence-electron chi connectivity index (χ1n) is 14.2. The second kappa shape index (κ2) is 15.8. The quantitative estimate of drug-likeness (QED) is 0.0638. The van der Waals surface area contributed by atoms with Gasteiger partial charge in [-0.3, -0.25) is 9.56 Å². The Balaban J connectivity index is 0.00000541. The van der Waals surface area contributed by atoms with Crippen LogP contribution in [-0.4, -0.2) is 94.7 Å². The Kier molecular flexibility index (Phi) is 12.2. The van der Waals surface area contributed by atoms with E-state index in [1.54, 1.807) is 6.92 Å². The van der Waals surface area contributed by atoms with Crippen LogP contribution < -0.4 is 4.74 Å². The zero-order valence-corrected chi connectivity index (χ0v) is 25.6. The molecule has 4 aromatic rings. The molecule has 0 aliphatic carbocycles. The van der Waals surface area contributed by atoms with E-state index in [0.29, 0.717) is 12.1 Å². The minimum absolute atomic E-state index is 0. The van der Waals surface area contributed by atoms with E-state index in [1.807, 2.05) is 0 Å². The van der Waals surface area contributed by atoms with Crippen LogP contribution in [0.5, 0.6) is 5.75 Å². The third-order valence-electron chi connectivity index (χ3n) is 6.79. The molecule has 0 saturated carbocycles. The number of fused-ring (bicyclic) bond motifs is 1. The van der Waals surface area contributed by atoms with Crippen LogP contribution in [-0.2, 0) is 36.8 Å². The summed E-state index contributed by atoms with van der Waals surface area (Å²) in [6.07, 6.45) is -3.17. The first kappa shape index (κ1) is 37.9. The van der Waals surface area contributed by atoms with E-state index >= 15 is 0 Å². The molecule has 3 heterocycles. The van der Waals surface area contributed by atoms with Crippen LogP contribution in [0, 0.1) is 11.6 Å². The Morgan fingerprint density at radius 2 is 1.90 bits per heavy atom. The number of hydrogen-bond donors (Lipinski definition) is 2. The molecule has 0 amide bonds. The van der Waals surface area contributed by atoms with Crippen LogP contribution in [0.15, 0.2) is 52.1 Å². The van der Waals surface area contributed by atoms with Crippen LogP contribution in [0.1, 0.15) is 48.5 Å². The molecule has 5 rings (SSSR count). The molecule has 13 nitrogen and oxygen atoms in total. The topological polar surface area (TPSA) is 169 Å². The number of imidazole rings is 1. The summed E-state index contributed by atoms with van der Waals surface area (Å²) in [5.74, 6) is -3.59. The average molecular weight is 724 g/mol. The molecular formula is C29H27F5N5NaO8S. The van der Waals surface area contributed by atoms with Crippen molar-refractivity contribution in [2.75, 3.05) is 19.8 Å². The first-order chi connectivity index (χ1) is 22.7. The molecule has 1 aliphatic rings. The summed E-state index contributed by atoms with van der Waals surface area (Å²) in [4.78, 5) is 20.5. The summed E-state index contributed by atoms with van der Waals surface area (Å²) >= 11 is 0. The number of halogens is 5. The number of benzene rings is 2. The summed E-state index contributed by atoms with van der Waals surface area (Å²) < 4.78 is 121. The summed E-state index contributed by atoms with van der Waals surface area (Å²) in [5.41, 5.74) is -1.33. The van der Waals surface area contributed by atoms with E-state index < -0.39 is 59.0 Å². The number of H-pyrrole nitrogens is 1. The summed E-state index contributed by atoms with van der Waals surface area (Å²) in [5, 5.41) is 9.12. The number of carbonyl (C=O) groups excluding carboxylic acids is 1. The van der Waals surface area contributed by atoms with Crippen LogP contribution in [0.4, 0.5) is 22.0 Å². The molecule has 20 heteroatoms. The number of nitrogens with one attached hydrogen (secondary N) is 1. The van der Waals surface area contributed by atoms with Gasteiger partial charge in [-0.2, -0.15) is 26.7 Å². The number of hydrazone groups is 1. The van der Waals surface area contributed by atoms with Gasteiger partial charge in [-0.15, -0.1) is 0 Å². The second-order valence-electron chi connectivity index (χ2n) is 10.2. The van der Waals surface area contributed by atoms with Gasteiger partial charge in [0.2, 0.25) is 6.04 Å². The Morgan fingerprint density at radius 1 is 1.12 bits per heavy atom. The summed E-state index contributed by atoms with van der Waals surface area (Å²) in [7, 11) is -4.73. The Bertz CT molecular complexity index is 1940. The van der Waals surface area contributed by atoms with Crippen LogP contribution >= 0.6 is 0 Å². The van der Waals surface area contributed by atoms with E-state index in [9.17, 15) is 35.2 Å². The van der Waals surface area contributed by atoms with Crippen molar-refractivity contribution in [3.8, 4) is 28.4 Å². The molecule has 0 spiro atoms. The van der Waals surface area contributed by atoms with Crippen molar-refractivity contribution in [2.24, 2.45) is 5.10 Å². The Morgan fingerprint density at radius 3 is 2.61 bits per heavy atom. The van der Waals surface area contributed by atoms with Crippen molar-refractivity contribution < 1.29 is 57.9 Å². The molecule has 1 aliphatic heterocycles. The van der Waals surface area contributed by atoms with Gasteiger partial charge in [0.05, 0.1) is 55.1 Å². The average Bonchev–Trinajstić information content (AvgIpc) is 3.68. The van der Waals surface area contributed by atoms with Crippen molar-refractivity contribution in [3.05, 3.63) is 76.8 Å². The van der Waals surface area contributed by atoms with E-state index in [0.717, 1.165) is 29.3 Å². The summed E-state index contributed by atoms with van der Waals surface area (Å²) in [6, 6.07) is 6.39. The maximum atomic E-state index is 14.5. The molecule has 0 fully saturated rings. The summed E-state index contributed by atoms with van der Waals surface area (Å²) in [6.45, 7) is 0.825. The third-order valence-corrected chi connectivity index (χ3v) is 7.26. The number of aromatic amines is 1. The molecular weight excluding hydrogens is 696 g/mol. The Labute approximate surface area is 297 Å². The predicted molar refractivity (Wildman–Crippen MR) is 163 cm³/mol. The van der Waals surface area contributed by atoms with Gasteiger partial charge >= 0.3 is 52.1 Å². The van der Waals surface area contributed by atoms with Crippen LogP contribution in [0.3, 0.4) is 0 Å². The van der Waals surface area contributed by atoms with Crippen molar-refractivity contribution in [1.82, 2.24) is 20.1 Å². The molecule has 0 saturated heterocycles. The first-order valence-corrected chi connectivity index (χ1v) is 15.5. The monoisotopic (exact) mass is 723 g/mol. The fraction of sp³-hybridized carbons (Fsp3) is 0.310. The van der Waals surface area contributed by atoms with Crippen molar-refractivity contribution in [1.29, 1.82) is 0 Å². The minimum atomic E-state index is -4.81. The molecule has 0 bridgehead atoms. The van der Waals surface area contributed by atoms with Crippen molar-refractivity contribution in [2.45, 2.75) is 38.5 Å². The van der Waals surface area contributed by atoms with E-state index in [2.05, 4.69) is 24.4 Å². The second-order valence-corrected chi connectivity index (χ2v) is 11.3. The number of nitrogens with zero attached hydrogens (tertiary/aromatic N) is 4. The van der Waals surface area contributed by atoms with E-state index in [1.165, 1.54) is 24.4 Å². The van der Waals surface area contributed by atoms with Crippen molar-refractivity contribution >= 4 is 52.1 Å². The molecule has 2 aromatic heterocycles. The molecule has 1 unspecified atom stereocenters. The zero-order chi connectivity index (χ0) is 34.6. The zero-order valence-electron chi connectivity index (χ0n) is 24.8. The predicted octanol–water partition coefficient (Wildman–Crippen LogP) is 4.81. The molecule has 49 heavy (non-hydrogen) atoms. The van der Waals surface area contributed by atoms with Gasteiger partial charge in [0.15, 0.2) is 17.4 Å². The SMILES string of the molecule is CCCOc1ccc(-c2cc(C(C(=O)OCCCOS(=O)(=O)O)N3Cc4nc(-c5cccc(F)c5F)[nH]c4C=N3)on2)c(C(F)(F)F)c1.[NaH]. The van der Waals surface area contributed by atoms with E-state index in [-0.39, 0.29) is 89.0 Å². The van der Waals surface area contributed by atoms with Gasteiger partial charge < -0.3 is 19.0 Å². The van der Waals surface area contributed by atoms with Gasteiger partial charge in [0.1, 0.15) is 17.3 Å². The van der Waals surface area contributed by atoms with Crippen LogP contribution in [0.2, 0.25) is 0 Å². The Hall–Kier alpha value is -3.88. The molecule has 0 radical (unpaired) electrons. The van der Waals surface area contributed by atoms with Gasteiger partial charge in [0.25, 0.3) is 0 Å². The van der Waals surface area contributed by atoms with E-state index in [4.69, 9.17) is 18.5 Å². The van der Waals surface area contributed by atoms with Gasteiger partial charge in [-0.25, -0.2) is 22.7 Å². The molecule has 258 valence electrons. The van der Waals surface area contributed by atoms with Crippen molar-refractivity contribution in [3.63, 3.8) is 0 Å². The molecule has 1 atom stereocenters. The van der Waals surface area contributed by atoms with Gasteiger partial charge in [-0.05, 0) is 36.8 Å². The number of esters is 1. The van der Waals surface area contributed by atoms with Gasteiger partial charge in [-0.1, -0.05) is 18.1 Å². The third kappa shape index (κ3) is 9.22. The van der Waals surface area contributed by atoms with Crippen LogP contribution in [0.25, 0.3) is 22.6 Å². The number of alkyl halides is 3. The molecule has 2 aromatic carbocycles. The maximum absolute atomic E-state index is 14.5. The number of hydrogen-bond acceptors (Lipinski definition) is 11. The normalized spacial score (nSPS) is 13.5. The fourth-order valence-corrected chi connectivity index (χ4v) is 4.97.